The van der Waals surface area contributed by atoms with Crippen molar-refractivity contribution in [3.05, 3.63) is 78.0 Å². The summed E-state index contributed by atoms with van der Waals surface area (Å²) < 4.78 is 0. The van der Waals surface area contributed by atoms with Crippen molar-refractivity contribution < 1.29 is 19.2 Å². The number of hydrogen-bond acceptors (Lipinski definition) is 5. The Balaban J connectivity index is 1.39. The molecule has 3 amide bonds. The Labute approximate surface area is 210 Å². The fourth-order valence-electron chi connectivity index (χ4n) is 4.31. The van der Waals surface area contributed by atoms with E-state index in [1.165, 1.54) is 4.90 Å². The highest BCUT2D eigenvalue weighted by molar-refractivity contribution is 6.01. The maximum atomic E-state index is 13.1. The number of Topliss-reactive ketones (excluding diaryl/α,β-unsaturated/α-hetero) is 1. The van der Waals surface area contributed by atoms with Crippen molar-refractivity contribution in [1.29, 1.82) is 0 Å². The molecule has 1 aliphatic rings. The highest BCUT2D eigenvalue weighted by Gasteiger charge is 2.33. The van der Waals surface area contributed by atoms with Gasteiger partial charge >= 0.3 is 0 Å². The Hall–Kier alpha value is -4.07. The molecule has 2 heterocycles. The molecule has 2 aromatic carbocycles. The van der Waals surface area contributed by atoms with Crippen LogP contribution in [0.2, 0.25) is 0 Å². The number of hydrogen-bond donors (Lipinski definition) is 2. The summed E-state index contributed by atoms with van der Waals surface area (Å²) in [5.74, 6) is -1.17. The fraction of sp³-hybridized carbons (Fsp3) is 0.321. The lowest BCUT2D eigenvalue weighted by atomic mass is 9.99. The molecule has 0 aliphatic carbocycles. The third-order valence-corrected chi connectivity index (χ3v) is 6.21. The molecular formula is C28H30N4O4. The van der Waals surface area contributed by atoms with E-state index in [1.54, 1.807) is 30.3 Å². The molecule has 4 rings (SSSR count). The second-order valence-electron chi connectivity index (χ2n) is 9.45. The average Bonchev–Trinajstić information content (AvgIpc) is 2.88. The van der Waals surface area contributed by atoms with Crippen molar-refractivity contribution in [3.8, 4) is 0 Å². The van der Waals surface area contributed by atoms with Crippen molar-refractivity contribution in [2.75, 3.05) is 13.1 Å². The summed E-state index contributed by atoms with van der Waals surface area (Å²) in [6, 6.07) is 18.2. The SMILES string of the molecule is CC(C)C[C@H](NC(=O)c1ccc2ccccc2n1)C(=O)NC1CCN(C(=O)c2ccccc2)CC1=O. The van der Waals surface area contributed by atoms with Gasteiger partial charge in [-0.15, -0.1) is 0 Å². The predicted octanol–water partition coefficient (Wildman–Crippen LogP) is 2.98. The number of likely N-dealkylation sites (tertiary alicyclic amines) is 1. The number of amides is 3. The maximum Gasteiger partial charge on any atom is 0.270 e. The smallest absolute Gasteiger partial charge is 0.270 e. The number of aromatic nitrogens is 1. The van der Waals surface area contributed by atoms with Crippen molar-refractivity contribution in [2.45, 2.75) is 38.8 Å². The molecule has 0 spiro atoms. The molecule has 1 fully saturated rings. The Bertz CT molecular complexity index is 1270. The van der Waals surface area contributed by atoms with Gasteiger partial charge in [-0.2, -0.15) is 0 Å². The first-order valence-electron chi connectivity index (χ1n) is 12.2. The van der Waals surface area contributed by atoms with Crippen molar-refractivity contribution in [3.63, 3.8) is 0 Å². The van der Waals surface area contributed by atoms with E-state index in [9.17, 15) is 19.2 Å². The summed E-state index contributed by atoms with van der Waals surface area (Å²) in [6.45, 7) is 4.20. The second kappa shape index (κ2) is 11.1. The van der Waals surface area contributed by atoms with Crippen LogP contribution >= 0.6 is 0 Å². The highest BCUT2D eigenvalue weighted by atomic mass is 16.2. The molecule has 36 heavy (non-hydrogen) atoms. The van der Waals surface area contributed by atoms with Gasteiger partial charge in [0.1, 0.15) is 11.7 Å². The predicted molar refractivity (Wildman–Crippen MR) is 136 cm³/mol. The number of carbonyl (C=O) groups is 4. The lowest BCUT2D eigenvalue weighted by molar-refractivity contribution is -0.130. The van der Waals surface area contributed by atoms with Crippen LogP contribution in [0.4, 0.5) is 0 Å². The van der Waals surface area contributed by atoms with Gasteiger partial charge in [0, 0.05) is 17.5 Å². The Morgan fingerprint density at radius 1 is 1.00 bits per heavy atom. The standard InChI is InChI=1S/C28H30N4O4/c1-18(2)16-24(31-26(34)23-13-12-19-8-6-7-11-21(19)29-23)27(35)30-22-14-15-32(17-25(22)33)28(36)20-9-4-3-5-10-20/h3-13,18,22,24H,14-17H2,1-2H3,(H,30,35)(H,31,34)/t22?,24-/m0/s1. The minimum absolute atomic E-state index is 0.0686. The van der Waals surface area contributed by atoms with E-state index in [4.69, 9.17) is 0 Å². The zero-order chi connectivity index (χ0) is 25.7. The number of fused-ring (bicyclic) bond motifs is 1. The van der Waals surface area contributed by atoms with Crippen molar-refractivity contribution >= 4 is 34.4 Å². The first kappa shape index (κ1) is 25.0. The van der Waals surface area contributed by atoms with E-state index >= 15 is 0 Å². The first-order valence-corrected chi connectivity index (χ1v) is 12.2. The summed E-state index contributed by atoms with van der Waals surface area (Å²) in [5.41, 5.74) is 1.44. The van der Waals surface area contributed by atoms with Gasteiger partial charge in [0.2, 0.25) is 5.91 Å². The molecule has 3 aromatic rings. The van der Waals surface area contributed by atoms with E-state index in [2.05, 4.69) is 15.6 Å². The highest BCUT2D eigenvalue weighted by Crippen LogP contribution is 2.15. The summed E-state index contributed by atoms with van der Waals surface area (Å²) in [7, 11) is 0. The van der Waals surface area contributed by atoms with Gasteiger partial charge in [0.05, 0.1) is 18.1 Å². The molecule has 1 aliphatic heterocycles. The second-order valence-corrected chi connectivity index (χ2v) is 9.45. The number of nitrogens with one attached hydrogen (secondary N) is 2. The number of rotatable bonds is 7. The molecular weight excluding hydrogens is 456 g/mol. The molecule has 2 atom stereocenters. The van der Waals surface area contributed by atoms with Crippen molar-refractivity contribution in [1.82, 2.24) is 20.5 Å². The largest absolute Gasteiger partial charge is 0.344 e. The molecule has 0 bridgehead atoms. The minimum atomic E-state index is -0.817. The molecule has 1 saturated heterocycles. The molecule has 186 valence electrons. The third kappa shape index (κ3) is 5.94. The molecule has 0 saturated carbocycles. The van der Waals surface area contributed by atoms with Gasteiger partial charge < -0.3 is 15.5 Å². The van der Waals surface area contributed by atoms with E-state index in [0.29, 0.717) is 30.5 Å². The maximum absolute atomic E-state index is 13.1. The van der Waals surface area contributed by atoms with Crippen molar-refractivity contribution in [2.24, 2.45) is 5.92 Å². The van der Waals surface area contributed by atoms with Crippen LogP contribution in [0, 0.1) is 5.92 Å². The van der Waals surface area contributed by atoms with Crippen LogP contribution in [0.25, 0.3) is 10.9 Å². The molecule has 8 nitrogen and oxygen atoms in total. The van der Waals surface area contributed by atoms with E-state index < -0.39 is 23.9 Å². The van der Waals surface area contributed by atoms with Crippen LogP contribution < -0.4 is 10.6 Å². The third-order valence-electron chi connectivity index (χ3n) is 6.21. The van der Waals surface area contributed by atoms with Crippen LogP contribution in [0.1, 0.15) is 47.5 Å². The Morgan fingerprint density at radius 2 is 1.72 bits per heavy atom. The lowest BCUT2D eigenvalue weighted by Crippen LogP contribution is -2.57. The lowest BCUT2D eigenvalue weighted by Gasteiger charge is -2.32. The molecule has 8 heteroatoms. The number of para-hydroxylation sites is 1. The van der Waals surface area contributed by atoms with Gasteiger partial charge in [0.15, 0.2) is 5.78 Å². The van der Waals surface area contributed by atoms with Gasteiger partial charge in [-0.05, 0) is 43.0 Å². The minimum Gasteiger partial charge on any atom is -0.344 e. The number of pyridine rings is 1. The number of nitrogens with zero attached hydrogens (tertiary/aromatic N) is 2. The zero-order valence-corrected chi connectivity index (χ0v) is 20.4. The number of benzene rings is 2. The van der Waals surface area contributed by atoms with Gasteiger partial charge in [-0.25, -0.2) is 4.98 Å². The average molecular weight is 487 g/mol. The van der Waals surface area contributed by atoms with E-state index in [1.807, 2.05) is 50.2 Å². The normalized spacial score (nSPS) is 16.6. The fourth-order valence-corrected chi connectivity index (χ4v) is 4.31. The number of piperidine rings is 1. The van der Waals surface area contributed by atoms with Crippen LogP contribution in [0.15, 0.2) is 66.7 Å². The summed E-state index contributed by atoms with van der Waals surface area (Å²) >= 11 is 0. The van der Waals surface area contributed by atoms with Gasteiger partial charge in [-0.1, -0.05) is 56.3 Å². The number of ketones is 1. The monoisotopic (exact) mass is 486 g/mol. The topological polar surface area (TPSA) is 108 Å². The van der Waals surface area contributed by atoms with Gasteiger partial charge in [-0.3, -0.25) is 19.2 Å². The summed E-state index contributed by atoms with van der Waals surface area (Å²) in [4.78, 5) is 57.4. The first-order chi connectivity index (χ1) is 17.3. The van der Waals surface area contributed by atoms with Crippen LogP contribution in [0.3, 0.4) is 0 Å². The molecule has 0 radical (unpaired) electrons. The molecule has 1 aromatic heterocycles. The van der Waals surface area contributed by atoms with E-state index in [0.717, 1.165) is 5.39 Å². The Morgan fingerprint density at radius 3 is 2.44 bits per heavy atom. The Kier molecular flexibility index (Phi) is 7.73. The van der Waals surface area contributed by atoms with Crippen LogP contribution in [0.5, 0.6) is 0 Å². The quantitative estimate of drug-likeness (QED) is 0.534. The van der Waals surface area contributed by atoms with Gasteiger partial charge in [0.25, 0.3) is 11.8 Å². The summed E-state index contributed by atoms with van der Waals surface area (Å²) in [5, 5.41) is 6.51. The molecule has 1 unspecified atom stereocenters. The molecule has 2 N–H and O–H groups in total. The zero-order valence-electron chi connectivity index (χ0n) is 20.4. The van der Waals surface area contributed by atoms with Crippen LogP contribution in [-0.2, 0) is 9.59 Å². The van der Waals surface area contributed by atoms with E-state index in [-0.39, 0.29) is 29.8 Å². The number of carbonyl (C=O) groups excluding carboxylic acids is 4. The summed E-state index contributed by atoms with van der Waals surface area (Å²) in [6.07, 6.45) is 0.725. The van der Waals surface area contributed by atoms with Crippen LogP contribution in [-0.4, -0.2) is 58.6 Å².